The average Bonchev–Trinajstić information content (AvgIpc) is 3.12. The molecule has 0 unspecified atom stereocenters. The predicted molar refractivity (Wildman–Crippen MR) is 133 cm³/mol. The Bertz CT molecular complexity index is 788. The molecular weight excluding hydrogens is 479 g/mol. The molecule has 0 saturated heterocycles. The molecule has 7 heteroatoms. The number of nitrogens with one attached hydrogen (secondary N) is 2. The Kier molecular flexibility index (Phi) is 11.6. The number of unbranched alkanes of at least 4 members (excludes halogenated alkanes) is 1. The van der Waals surface area contributed by atoms with Crippen molar-refractivity contribution >= 4 is 40.8 Å². The number of aromatic nitrogens is 1. The lowest BCUT2D eigenvalue weighted by atomic mass is 10.2. The van der Waals surface area contributed by atoms with Gasteiger partial charge < -0.3 is 24.7 Å². The Morgan fingerprint density at radius 3 is 2.69 bits per heavy atom. The van der Waals surface area contributed by atoms with E-state index in [-0.39, 0.29) is 24.0 Å². The average molecular weight is 514 g/mol. The highest BCUT2D eigenvalue weighted by Gasteiger charge is 2.09. The summed E-state index contributed by atoms with van der Waals surface area (Å²) in [5, 5.41) is 4.45. The number of aliphatic imine (C=N–C) groups is 1. The van der Waals surface area contributed by atoms with Gasteiger partial charge in [0.05, 0.1) is 19.7 Å². The van der Waals surface area contributed by atoms with E-state index in [9.17, 15) is 0 Å². The molecule has 0 atom stereocenters. The summed E-state index contributed by atoms with van der Waals surface area (Å²) in [5.41, 5.74) is 2.21. The van der Waals surface area contributed by atoms with E-state index in [1.54, 1.807) is 14.2 Å². The molecule has 0 bridgehead atoms. The molecule has 2 aromatic rings. The molecule has 0 aliphatic carbocycles. The van der Waals surface area contributed by atoms with Gasteiger partial charge in [0.1, 0.15) is 11.5 Å². The quantitative estimate of drug-likeness (QED) is 0.151. The second-order valence-electron chi connectivity index (χ2n) is 6.78. The molecule has 2 rings (SSSR count). The first-order chi connectivity index (χ1) is 13.6. The van der Waals surface area contributed by atoms with Crippen LogP contribution in [-0.4, -0.2) is 56.7 Å². The molecule has 2 N–H and O–H groups in total. The van der Waals surface area contributed by atoms with Crippen molar-refractivity contribution < 1.29 is 9.47 Å². The maximum absolute atomic E-state index is 5.49. The van der Waals surface area contributed by atoms with Gasteiger partial charge in [0.25, 0.3) is 0 Å². The number of aryl methyl sites for hydroxylation is 1. The predicted octanol–water partition coefficient (Wildman–Crippen LogP) is 4.60. The van der Waals surface area contributed by atoms with Crippen molar-refractivity contribution in [1.29, 1.82) is 0 Å². The van der Waals surface area contributed by atoms with E-state index >= 15 is 0 Å². The van der Waals surface area contributed by atoms with Crippen molar-refractivity contribution in [3.63, 3.8) is 0 Å². The van der Waals surface area contributed by atoms with Gasteiger partial charge in [-0.15, -0.1) is 30.6 Å². The number of aromatic amines is 1. The molecule has 162 valence electrons. The zero-order valence-electron chi connectivity index (χ0n) is 18.1. The van der Waals surface area contributed by atoms with Gasteiger partial charge in [-0.05, 0) is 38.7 Å². The zero-order valence-corrected chi connectivity index (χ0v) is 20.4. The number of guanidine groups is 1. The van der Waals surface area contributed by atoms with Crippen LogP contribution in [0.3, 0.4) is 0 Å². The number of halogens is 1. The highest BCUT2D eigenvalue weighted by Crippen LogP contribution is 2.31. The van der Waals surface area contributed by atoms with Crippen molar-refractivity contribution in [2.45, 2.75) is 32.6 Å². The standard InChI is InChI=1S/C22H34N4O2.HI/c1-6-8-9-13-26(3)22(23-7-2)24-12-10-11-17-14-19-20(25-17)15-18(27-4)16-21(19)28-5;/h6,14-16,25H,1,7-13H2,2-5H3,(H,23,24);1H. The fraction of sp³-hybridized carbons (Fsp3) is 0.500. The summed E-state index contributed by atoms with van der Waals surface area (Å²) in [6.07, 6.45) is 5.98. The maximum Gasteiger partial charge on any atom is 0.193 e. The topological polar surface area (TPSA) is 61.9 Å². The first-order valence-electron chi connectivity index (χ1n) is 9.96. The summed E-state index contributed by atoms with van der Waals surface area (Å²) < 4.78 is 10.8. The first-order valence-corrected chi connectivity index (χ1v) is 9.96. The van der Waals surface area contributed by atoms with E-state index in [1.165, 1.54) is 5.69 Å². The Morgan fingerprint density at radius 2 is 2.03 bits per heavy atom. The van der Waals surface area contributed by atoms with Gasteiger partial charge in [-0.3, -0.25) is 4.99 Å². The van der Waals surface area contributed by atoms with Crippen LogP contribution in [0.25, 0.3) is 10.9 Å². The van der Waals surface area contributed by atoms with Crippen LogP contribution in [0.2, 0.25) is 0 Å². The number of methoxy groups -OCH3 is 2. The summed E-state index contributed by atoms with van der Waals surface area (Å²) in [6.45, 7) is 8.50. The molecule has 0 fully saturated rings. The Morgan fingerprint density at radius 1 is 1.24 bits per heavy atom. The second-order valence-corrected chi connectivity index (χ2v) is 6.78. The lowest BCUT2D eigenvalue weighted by molar-refractivity contribution is 0.398. The number of benzene rings is 1. The van der Waals surface area contributed by atoms with E-state index in [4.69, 9.17) is 14.5 Å². The smallest absolute Gasteiger partial charge is 0.193 e. The summed E-state index contributed by atoms with van der Waals surface area (Å²) in [5.74, 6) is 2.58. The van der Waals surface area contributed by atoms with Gasteiger partial charge in [0.15, 0.2) is 5.96 Å². The van der Waals surface area contributed by atoms with Crippen molar-refractivity contribution in [3.05, 3.63) is 36.5 Å². The third-order valence-corrected chi connectivity index (χ3v) is 4.65. The third kappa shape index (κ3) is 7.45. The van der Waals surface area contributed by atoms with Gasteiger partial charge in [-0.1, -0.05) is 6.08 Å². The molecule has 1 aromatic carbocycles. The van der Waals surface area contributed by atoms with E-state index in [0.29, 0.717) is 0 Å². The molecule has 0 aliphatic rings. The van der Waals surface area contributed by atoms with Crippen molar-refractivity contribution in [3.8, 4) is 11.5 Å². The van der Waals surface area contributed by atoms with Crippen LogP contribution >= 0.6 is 24.0 Å². The fourth-order valence-corrected chi connectivity index (χ4v) is 3.16. The van der Waals surface area contributed by atoms with Crippen molar-refractivity contribution in [1.82, 2.24) is 15.2 Å². The van der Waals surface area contributed by atoms with E-state index in [0.717, 1.165) is 73.7 Å². The van der Waals surface area contributed by atoms with Gasteiger partial charge in [-0.2, -0.15) is 0 Å². The minimum absolute atomic E-state index is 0. The highest BCUT2D eigenvalue weighted by atomic mass is 127. The van der Waals surface area contributed by atoms with Gasteiger partial charge in [0.2, 0.25) is 0 Å². The molecule has 0 aliphatic heterocycles. The van der Waals surface area contributed by atoms with Crippen LogP contribution in [0.5, 0.6) is 11.5 Å². The van der Waals surface area contributed by atoms with E-state index < -0.39 is 0 Å². The maximum atomic E-state index is 5.49. The number of H-pyrrole nitrogens is 1. The lowest BCUT2D eigenvalue weighted by Crippen LogP contribution is -2.39. The Hall–Kier alpha value is -1.90. The summed E-state index contributed by atoms with van der Waals surface area (Å²) >= 11 is 0. The van der Waals surface area contributed by atoms with Gasteiger partial charge in [-0.25, -0.2) is 0 Å². The number of ether oxygens (including phenoxy) is 2. The molecular formula is C22H35IN4O2. The number of rotatable bonds is 11. The molecule has 0 saturated carbocycles. The van der Waals surface area contributed by atoms with E-state index in [2.05, 4.69) is 41.8 Å². The zero-order chi connectivity index (χ0) is 20.4. The Balaban J connectivity index is 0.00000420. The molecule has 29 heavy (non-hydrogen) atoms. The monoisotopic (exact) mass is 514 g/mol. The molecule has 6 nitrogen and oxygen atoms in total. The van der Waals surface area contributed by atoms with Gasteiger partial charge >= 0.3 is 0 Å². The molecule has 1 aromatic heterocycles. The normalized spacial score (nSPS) is 11.1. The van der Waals surface area contributed by atoms with E-state index in [1.807, 2.05) is 18.2 Å². The number of nitrogens with zero attached hydrogens (tertiary/aromatic N) is 2. The minimum Gasteiger partial charge on any atom is -0.497 e. The summed E-state index contributed by atoms with van der Waals surface area (Å²) in [7, 11) is 5.43. The third-order valence-electron chi connectivity index (χ3n) is 4.65. The highest BCUT2D eigenvalue weighted by molar-refractivity contribution is 14.0. The van der Waals surface area contributed by atoms with Crippen LogP contribution in [-0.2, 0) is 6.42 Å². The second kappa shape index (κ2) is 13.3. The van der Waals surface area contributed by atoms with Crippen LogP contribution in [0, 0.1) is 0 Å². The summed E-state index contributed by atoms with van der Waals surface area (Å²) in [6, 6.07) is 6.07. The first kappa shape index (κ1) is 25.1. The SMILES string of the molecule is C=CCCCN(C)C(=NCCCc1cc2c(OC)cc(OC)cc2[nH]1)NCC.I. The molecule has 0 spiro atoms. The number of hydrogen-bond donors (Lipinski definition) is 2. The lowest BCUT2D eigenvalue weighted by Gasteiger charge is -2.21. The number of allylic oxidation sites excluding steroid dienone is 1. The largest absolute Gasteiger partial charge is 0.497 e. The van der Waals surface area contributed by atoms with Crippen LogP contribution in [0.15, 0.2) is 35.8 Å². The summed E-state index contributed by atoms with van der Waals surface area (Å²) in [4.78, 5) is 10.4. The fourth-order valence-electron chi connectivity index (χ4n) is 3.16. The minimum atomic E-state index is 0. The van der Waals surface area contributed by atoms with Crippen LogP contribution in [0.1, 0.15) is 31.9 Å². The molecule has 1 heterocycles. The molecule has 0 amide bonds. The Labute approximate surface area is 191 Å². The molecule has 0 radical (unpaired) electrons. The number of hydrogen-bond acceptors (Lipinski definition) is 3. The van der Waals surface area contributed by atoms with Gasteiger partial charge in [0, 0.05) is 49.9 Å². The van der Waals surface area contributed by atoms with Crippen molar-refractivity contribution in [2.24, 2.45) is 4.99 Å². The van der Waals surface area contributed by atoms with Crippen LogP contribution < -0.4 is 14.8 Å². The van der Waals surface area contributed by atoms with Crippen LogP contribution in [0.4, 0.5) is 0 Å². The number of fused-ring (bicyclic) bond motifs is 1. The van der Waals surface area contributed by atoms with Crippen molar-refractivity contribution in [2.75, 3.05) is 40.9 Å².